The van der Waals surface area contributed by atoms with Crippen LogP contribution in [-0.4, -0.2) is 39.5 Å². The van der Waals surface area contributed by atoms with E-state index in [0.717, 1.165) is 29.7 Å². The van der Waals surface area contributed by atoms with Gasteiger partial charge in [-0.25, -0.2) is 9.79 Å². The van der Waals surface area contributed by atoms with Crippen LogP contribution in [0.2, 0.25) is 0 Å². The summed E-state index contributed by atoms with van der Waals surface area (Å²) in [4.78, 5) is 21.7. The lowest BCUT2D eigenvalue weighted by Crippen LogP contribution is -2.41. The molecule has 0 fully saturated rings. The summed E-state index contributed by atoms with van der Waals surface area (Å²) in [5.74, 6) is -0.143. The zero-order valence-corrected chi connectivity index (χ0v) is 13.9. The minimum absolute atomic E-state index is 0.308. The summed E-state index contributed by atoms with van der Waals surface area (Å²) in [5, 5.41) is 13.1. The number of rotatable bonds is 5. The van der Waals surface area contributed by atoms with Gasteiger partial charge in [0.05, 0.1) is 18.9 Å². The van der Waals surface area contributed by atoms with Crippen molar-refractivity contribution in [2.75, 3.05) is 13.3 Å². The number of hydrogen-bond donors (Lipinski definition) is 2. The van der Waals surface area contributed by atoms with Crippen molar-refractivity contribution in [3.63, 3.8) is 0 Å². The van der Waals surface area contributed by atoms with Gasteiger partial charge in [0.2, 0.25) is 0 Å². The number of carboxylic acids is 1. The molecular weight excluding hydrogens is 324 g/mol. The molecule has 6 nitrogen and oxygen atoms in total. The molecule has 124 valence electrons. The molecule has 0 aliphatic carbocycles. The zero-order valence-electron chi connectivity index (χ0n) is 13.1. The molecule has 0 saturated carbocycles. The highest BCUT2D eigenvalue weighted by Crippen LogP contribution is 2.16. The van der Waals surface area contributed by atoms with Crippen molar-refractivity contribution in [3.8, 4) is 0 Å². The number of amidine groups is 1. The van der Waals surface area contributed by atoms with Gasteiger partial charge in [-0.2, -0.15) is 0 Å². The maximum atomic E-state index is 10.8. The Morgan fingerprint density at radius 3 is 2.71 bits per heavy atom. The lowest BCUT2D eigenvalue weighted by atomic mass is 10.1. The molecule has 0 unspecified atom stereocenters. The lowest BCUT2D eigenvalue weighted by molar-refractivity contribution is 0.0697. The summed E-state index contributed by atoms with van der Waals surface area (Å²) in [6, 6.07) is 10.9. The first-order chi connectivity index (χ1) is 11.7. The van der Waals surface area contributed by atoms with Crippen molar-refractivity contribution in [2.45, 2.75) is 12.3 Å². The third-order valence-electron chi connectivity index (χ3n) is 3.57. The quantitative estimate of drug-likeness (QED) is 0.869. The molecule has 3 rings (SSSR count). The number of aliphatic imine (C=N–C) groups is 1. The van der Waals surface area contributed by atoms with Gasteiger partial charge >= 0.3 is 5.97 Å². The number of aromatic nitrogens is 1. The molecule has 0 atom stereocenters. The molecule has 0 radical (unpaired) electrons. The van der Waals surface area contributed by atoms with Crippen LogP contribution in [0.3, 0.4) is 0 Å². The number of pyridine rings is 1. The first-order valence-electron chi connectivity index (χ1n) is 7.55. The molecule has 2 aromatic rings. The molecular formula is C17H18N4O2S. The van der Waals surface area contributed by atoms with E-state index in [-0.39, 0.29) is 0 Å². The molecule has 0 spiro atoms. The van der Waals surface area contributed by atoms with Gasteiger partial charge in [0, 0.05) is 24.7 Å². The van der Waals surface area contributed by atoms with Crippen molar-refractivity contribution in [3.05, 3.63) is 65.5 Å². The number of nitrogens with one attached hydrogen (secondary N) is 1. The van der Waals surface area contributed by atoms with Crippen molar-refractivity contribution >= 4 is 22.9 Å². The number of nitrogens with zero attached hydrogens (tertiary/aromatic N) is 3. The maximum absolute atomic E-state index is 10.8. The van der Waals surface area contributed by atoms with Gasteiger partial charge in [-0.3, -0.25) is 9.88 Å². The molecule has 2 heterocycles. The Balaban J connectivity index is 1.48. The fourth-order valence-corrected chi connectivity index (χ4v) is 3.11. The molecule has 1 aliphatic rings. The van der Waals surface area contributed by atoms with E-state index in [2.05, 4.69) is 26.3 Å². The van der Waals surface area contributed by atoms with Crippen LogP contribution in [0.4, 0.5) is 0 Å². The molecule has 0 saturated heterocycles. The van der Waals surface area contributed by atoms with Crippen LogP contribution in [-0.2, 0) is 12.3 Å². The third kappa shape index (κ3) is 4.56. The summed E-state index contributed by atoms with van der Waals surface area (Å²) in [5.41, 5.74) is 2.55. The third-order valence-corrected chi connectivity index (χ3v) is 4.60. The van der Waals surface area contributed by atoms with Gasteiger partial charge in [-0.15, -0.1) is 0 Å². The van der Waals surface area contributed by atoms with E-state index in [9.17, 15) is 4.79 Å². The standard InChI is InChI=1S/C17H18N4O2S/c22-16(23)15-5-3-13(4-6-15)10-24-17-19-11-21(12-20-17)9-14-2-1-7-18-8-14/h1-8H,9-12H2,(H,19,20)(H,22,23). The van der Waals surface area contributed by atoms with Crippen LogP contribution < -0.4 is 5.32 Å². The van der Waals surface area contributed by atoms with E-state index < -0.39 is 5.97 Å². The molecule has 24 heavy (non-hydrogen) atoms. The SMILES string of the molecule is O=C(O)c1ccc(CSC2=NCN(Cc3cccnc3)CN2)cc1. The van der Waals surface area contributed by atoms with Crippen molar-refractivity contribution < 1.29 is 9.90 Å². The van der Waals surface area contributed by atoms with Gasteiger partial charge in [-0.05, 0) is 29.3 Å². The topological polar surface area (TPSA) is 77.8 Å². The Morgan fingerprint density at radius 2 is 2.08 bits per heavy atom. The number of carbonyl (C=O) groups is 1. The molecule has 2 N–H and O–H groups in total. The minimum Gasteiger partial charge on any atom is -0.478 e. The van der Waals surface area contributed by atoms with E-state index >= 15 is 0 Å². The minimum atomic E-state index is -0.902. The van der Waals surface area contributed by atoms with Crippen molar-refractivity contribution in [2.24, 2.45) is 4.99 Å². The van der Waals surface area contributed by atoms with Gasteiger partial charge < -0.3 is 10.4 Å². The average Bonchev–Trinajstić information content (AvgIpc) is 2.62. The highest BCUT2D eigenvalue weighted by atomic mass is 32.2. The highest BCUT2D eigenvalue weighted by molar-refractivity contribution is 8.13. The van der Waals surface area contributed by atoms with E-state index in [1.165, 1.54) is 5.56 Å². The summed E-state index contributed by atoms with van der Waals surface area (Å²) in [6.45, 7) is 2.22. The number of aromatic carboxylic acids is 1. The van der Waals surface area contributed by atoms with Crippen LogP contribution in [0, 0.1) is 0 Å². The number of carboxylic acid groups (broad SMARTS) is 1. The van der Waals surface area contributed by atoms with E-state index in [4.69, 9.17) is 5.11 Å². The Kier molecular flexibility index (Phi) is 5.45. The molecule has 1 aromatic heterocycles. The highest BCUT2D eigenvalue weighted by Gasteiger charge is 2.13. The van der Waals surface area contributed by atoms with Crippen LogP contribution in [0.5, 0.6) is 0 Å². The predicted molar refractivity (Wildman–Crippen MR) is 94.8 cm³/mol. The second-order valence-corrected chi connectivity index (χ2v) is 6.38. The molecule has 0 amide bonds. The Morgan fingerprint density at radius 1 is 1.25 bits per heavy atom. The van der Waals surface area contributed by atoms with E-state index in [1.807, 2.05) is 24.4 Å². The number of hydrogen-bond acceptors (Lipinski definition) is 6. The van der Waals surface area contributed by atoms with E-state index in [1.54, 1.807) is 30.1 Å². The maximum Gasteiger partial charge on any atom is 0.335 e. The lowest BCUT2D eigenvalue weighted by Gasteiger charge is -2.26. The summed E-state index contributed by atoms with van der Waals surface area (Å²) < 4.78 is 0. The average molecular weight is 342 g/mol. The molecule has 0 bridgehead atoms. The van der Waals surface area contributed by atoms with Gasteiger partial charge in [-0.1, -0.05) is 30.0 Å². The molecule has 1 aromatic carbocycles. The Bertz CT molecular complexity index is 719. The molecule has 1 aliphatic heterocycles. The van der Waals surface area contributed by atoms with Crippen LogP contribution in [0.15, 0.2) is 53.8 Å². The van der Waals surface area contributed by atoms with Gasteiger partial charge in [0.15, 0.2) is 5.17 Å². The summed E-state index contributed by atoms with van der Waals surface area (Å²) in [6.07, 6.45) is 3.64. The van der Waals surface area contributed by atoms with Gasteiger partial charge in [0.1, 0.15) is 0 Å². The zero-order chi connectivity index (χ0) is 16.8. The monoisotopic (exact) mass is 342 g/mol. The van der Waals surface area contributed by atoms with Crippen LogP contribution >= 0.6 is 11.8 Å². The van der Waals surface area contributed by atoms with Crippen molar-refractivity contribution in [1.29, 1.82) is 0 Å². The first kappa shape index (κ1) is 16.5. The second kappa shape index (κ2) is 7.94. The van der Waals surface area contributed by atoms with Crippen LogP contribution in [0.1, 0.15) is 21.5 Å². The van der Waals surface area contributed by atoms with Gasteiger partial charge in [0.25, 0.3) is 0 Å². The fourth-order valence-electron chi connectivity index (χ4n) is 2.30. The smallest absolute Gasteiger partial charge is 0.335 e. The van der Waals surface area contributed by atoms with Crippen LogP contribution in [0.25, 0.3) is 0 Å². The van der Waals surface area contributed by atoms with E-state index in [0.29, 0.717) is 12.2 Å². The second-order valence-electron chi connectivity index (χ2n) is 5.42. The summed E-state index contributed by atoms with van der Waals surface area (Å²) >= 11 is 1.63. The Hall–Kier alpha value is -2.38. The number of thioether (sulfide) groups is 1. The Labute approximate surface area is 144 Å². The fraction of sp³-hybridized carbons (Fsp3) is 0.235. The first-order valence-corrected chi connectivity index (χ1v) is 8.54. The number of benzene rings is 1. The normalized spacial score (nSPS) is 14.8. The largest absolute Gasteiger partial charge is 0.478 e. The molecule has 7 heteroatoms. The summed E-state index contributed by atoms with van der Waals surface area (Å²) in [7, 11) is 0. The van der Waals surface area contributed by atoms with Crippen molar-refractivity contribution in [1.82, 2.24) is 15.2 Å². The predicted octanol–water partition coefficient (Wildman–Crippen LogP) is 2.39.